The monoisotopic (exact) mass is 262 g/mol. The number of nitrogens with one attached hydrogen (secondary N) is 2. The maximum absolute atomic E-state index is 10.9. The summed E-state index contributed by atoms with van der Waals surface area (Å²) in [6.07, 6.45) is -5.09. The number of rotatable bonds is 3. The molecule has 1 rings (SSSR count). The maximum atomic E-state index is 10.9. The lowest BCUT2D eigenvalue weighted by atomic mass is 9.96. The van der Waals surface area contributed by atoms with E-state index in [4.69, 9.17) is 4.74 Å². The number of aliphatic hydroxyl groups excluding tert-OH is 3. The van der Waals surface area contributed by atoms with Crippen molar-refractivity contribution in [1.29, 1.82) is 0 Å². The van der Waals surface area contributed by atoms with Crippen LogP contribution >= 0.6 is 0 Å². The van der Waals surface area contributed by atoms with Gasteiger partial charge in [0.1, 0.15) is 24.4 Å². The molecule has 104 valence electrons. The minimum atomic E-state index is -1.45. The minimum absolute atomic E-state index is 0.0442. The molecule has 0 aromatic heterocycles. The molecule has 0 radical (unpaired) electrons. The van der Waals surface area contributed by atoms with E-state index in [1.165, 1.54) is 13.8 Å². The highest BCUT2D eigenvalue weighted by Crippen LogP contribution is 2.19. The van der Waals surface area contributed by atoms with E-state index in [0.29, 0.717) is 0 Å². The van der Waals surface area contributed by atoms with E-state index in [9.17, 15) is 24.9 Å². The zero-order valence-corrected chi connectivity index (χ0v) is 10.2. The lowest BCUT2D eigenvalue weighted by Crippen LogP contribution is -2.64. The Labute approximate surface area is 104 Å². The van der Waals surface area contributed by atoms with Crippen LogP contribution in [0.5, 0.6) is 0 Å². The molecule has 1 heterocycles. The summed E-state index contributed by atoms with van der Waals surface area (Å²) < 4.78 is 5.05. The molecule has 1 unspecified atom stereocenters. The predicted octanol–water partition coefficient (Wildman–Crippen LogP) is -2.93. The number of ether oxygens (including phenoxy) is 1. The normalized spacial score (nSPS) is 35.9. The molecule has 0 aromatic carbocycles. The predicted molar refractivity (Wildman–Crippen MR) is 59.2 cm³/mol. The van der Waals surface area contributed by atoms with Gasteiger partial charge in [0.15, 0.2) is 6.29 Å². The fourth-order valence-corrected chi connectivity index (χ4v) is 1.75. The van der Waals surface area contributed by atoms with Crippen molar-refractivity contribution < 1.29 is 29.6 Å². The van der Waals surface area contributed by atoms with Gasteiger partial charge in [-0.2, -0.15) is 0 Å². The van der Waals surface area contributed by atoms with Crippen molar-refractivity contribution in [2.45, 2.75) is 44.5 Å². The fraction of sp³-hybridized carbons (Fsp3) is 0.800. The molecule has 8 nitrogen and oxygen atoms in total. The van der Waals surface area contributed by atoms with Gasteiger partial charge in [-0.05, 0) is 0 Å². The van der Waals surface area contributed by atoms with Crippen LogP contribution in [-0.4, -0.2) is 64.3 Å². The van der Waals surface area contributed by atoms with Crippen molar-refractivity contribution in [2.75, 3.05) is 6.54 Å². The highest BCUT2D eigenvalue weighted by atomic mass is 16.6. The van der Waals surface area contributed by atoms with Gasteiger partial charge in [-0.1, -0.05) is 0 Å². The largest absolute Gasteiger partial charge is 0.388 e. The summed E-state index contributed by atoms with van der Waals surface area (Å²) in [5, 5.41) is 33.9. The topological polar surface area (TPSA) is 128 Å². The van der Waals surface area contributed by atoms with Crippen LogP contribution in [0.25, 0.3) is 0 Å². The molecule has 1 fully saturated rings. The highest BCUT2D eigenvalue weighted by Gasteiger charge is 2.44. The van der Waals surface area contributed by atoms with Crippen molar-refractivity contribution in [3.63, 3.8) is 0 Å². The molecular weight excluding hydrogens is 244 g/mol. The van der Waals surface area contributed by atoms with Crippen LogP contribution in [0.4, 0.5) is 0 Å². The van der Waals surface area contributed by atoms with E-state index in [1.54, 1.807) is 0 Å². The minimum Gasteiger partial charge on any atom is -0.388 e. The fourth-order valence-electron chi connectivity index (χ4n) is 1.75. The summed E-state index contributed by atoms with van der Waals surface area (Å²) >= 11 is 0. The third-order valence-corrected chi connectivity index (χ3v) is 2.64. The summed E-state index contributed by atoms with van der Waals surface area (Å²) in [4.78, 5) is 21.6. The summed E-state index contributed by atoms with van der Waals surface area (Å²) in [5.74, 6) is -0.784. The maximum Gasteiger partial charge on any atom is 0.217 e. The summed E-state index contributed by atoms with van der Waals surface area (Å²) in [6, 6.07) is -1.11. The van der Waals surface area contributed by atoms with Crippen LogP contribution in [0, 0.1) is 0 Å². The molecular formula is C10H18N2O6. The standard InChI is InChI=1S/C10H18N2O6/c1-4(13)11-3-6-8(15)9(16)7(10(17)18-6)12-5(2)14/h6-10,15-17H,3H2,1-2H3,(H,11,13)(H,12,14)/t6-,7+,8-,9-,10?/m1/s1. The first-order valence-electron chi connectivity index (χ1n) is 5.54. The first-order valence-corrected chi connectivity index (χ1v) is 5.54. The lowest BCUT2D eigenvalue weighted by molar-refractivity contribution is -0.245. The van der Waals surface area contributed by atoms with Gasteiger partial charge in [0.25, 0.3) is 0 Å². The number of carbonyl (C=O) groups excluding carboxylic acids is 2. The van der Waals surface area contributed by atoms with E-state index in [1.807, 2.05) is 0 Å². The van der Waals surface area contributed by atoms with Gasteiger partial charge in [-0.25, -0.2) is 0 Å². The van der Waals surface area contributed by atoms with Gasteiger partial charge in [0, 0.05) is 20.4 Å². The van der Waals surface area contributed by atoms with Crippen molar-refractivity contribution in [1.82, 2.24) is 10.6 Å². The van der Waals surface area contributed by atoms with Crippen molar-refractivity contribution >= 4 is 11.8 Å². The summed E-state index contributed by atoms with van der Waals surface area (Å²) in [5.41, 5.74) is 0. The summed E-state index contributed by atoms with van der Waals surface area (Å²) in [7, 11) is 0. The summed E-state index contributed by atoms with van der Waals surface area (Å²) in [6.45, 7) is 2.47. The molecule has 0 aromatic rings. The number of hydrogen-bond acceptors (Lipinski definition) is 6. The van der Waals surface area contributed by atoms with E-state index in [2.05, 4.69) is 10.6 Å². The van der Waals surface area contributed by atoms with Crippen LogP contribution in [-0.2, 0) is 14.3 Å². The van der Waals surface area contributed by atoms with Crippen molar-refractivity contribution in [3.8, 4) is 0 Å². The third kappa shape index (κ3) is 3.64. The van der Waals surface area contributed by atoms with Crippen molar-refractivity contribution in [2.24, 2.45) is 0 Å². The zero-order valence-electron chi connectivity index (χ0n) is 10.2. The Morgan fingerprint density at radius 2 is 1.72 bits per heavy atom. The number of carbonyl (C=O) groups is 2. The SMILES string of the molecule is CC(=O)NC[C@H]1OC(O)[C@@H](NC(C)=O)[C@@H](O)[C@@H]1O. The molecule has 8 heteroatoms. The molecule has 0 aliphatic carbocycles. The van der Waals surface area contributed by atoms with E-state index in [-0.39, 0.29) is 12.5 Å². The van der Waals surface area contributed by atoms with Crippen LogP contribution in [0.2, 0.25) is 0 Å². The Morgan fingerprint density at radius 3 is 2.22 bits per heavy atom. The second-order valence-electron chi connectivity index (χ2n) is 4.21. The second kappa shape index (κ2) is 6.10. The molecule has 18 heavy (non-hydrogen) atoms. The van der Waals surface area contributed by atoms with Crippen LogP contribution in [0.1, 0.15) is 13.8 Å². The molecule has 5 atom stereocenters. The van der Waals surface area contributed by atoms with E-state index in [0.717, 1.165) is 0 Å². The Morgan fingerprint density at radius 1 is 1.11 bits per heavy atom. The Hall–Kier alpha value is -1.22. The zero-order chi connectivity index (χ0) is 13.9. The van der Waals surface area contributed by atoms with Crippen LogP contribution in [0.15, 0.2) is 0 Å². The average molecular weight is 262 g/mol. The van der Waals surface area contributed by atoms with Gasteiger partial charge < -0.3 is 30.7 Å². The van der Waals surface area contributed by atoms with Crippen LogP contribution < -0.4 is 10.6 Å². The van der Waals surface area contributed by atoms with Gasteiger partial charge in [-0.15, -0.1) is 0 Å². The van der Waals surface area contributed by atoms with E-state index >= 15 is 0 Å². The van der Waals surface area contributed by atoms with Gasteiger partial charge in [0.2, 0.25) is 11.8 Å². The first-order chi connectivity index (χ1) is 8.32. The van der Waals surface area contributed by atoms with Gasteiger partial charge in [-0.3, -0.25) is 9.59 Å². The molecule has 0 bridgehead atoms. The highest BCUT2D eigenvalue weighted by molar-refractivity contribution is 5.73. The Kier molecular flexibility index (Phi) is 5.03. The molecule has 0 saturated carbocycles. The Balaban J connectivity index is 2.64. The quantitative estimate of drug-likeness (QED) is 0.370. The van der Waals surface area contributed by atoms with Crippen LogP contribution in [0.3, 0.4) is 0 Å². The number of amides is 2. The molecule has 1 aliphatic rings. The molecule has 5 N–H and O–H groups in total. The van der Waals surface area contributed by atoms with E-state index < -0.39 is 36.6 Å². The van der Waals surface area contributed by atoms with Crippen molar-refractivity contribution in [3.05, 3.63) is 0 Å². The third-order valence-electron chi connectivity index (χ3n) is 2.64. The molecule has 0 spiro atoms. The molecule has 2 amide bonds. The number of aliphatic hydroxyl groups is 3. The Bertz CT molecular complexity index is 321. The lowest BCUT2D eigenvalue weighted by Gasteiger charge is -2.40. The molecule has 1 saturated heterocycles. The van der Waals surface area contributed by atoms with Gasteiger partial charge in [0.05, 0.1) is 0 Å². The number of hydrogen-bond donors (Lipinski definition) is 5. The average Bonchev–Trinajstić information content (AvgIpc) is 2.27. The second-order valence-corrected chi connectivity index (χ2v) is 4.21. The molecule has 1 aliphatic heterocycles. The van der Waals surface area contributed by atoms with Gasteiger partial charge >= 0.3 is 0 Å². The first kappa shape index (κ1) is 14.8. The smallest absolute Gasteiger partial charge is 0.217 e.